The van der Waals surface area contributed by atoms with Gasteiger partial charge in [0.25, 0.3) is 10.0 Å². The molecule has 0 aliphatic rings. The second-order valence-electron chi connectivity index (χ2n) is 4.80. The maximum Gasteiger partial charge on any atom is 0.263 e. The molecule has 0 amide bonds. The van der Waals surface area contributed by atoms with Crippen LogP contribution in [0.3, 0.4) is 0 Å². The number of alkyl halides is 2. The van der Waals surface area contributed by atoms with Gasteiger partial charge in [-0.05, 0) is 24.1 Å². The molecule has 0 bridgehead atoms. The molecule has 0 aliphatic carbocycles. The Balaban J connectivity index is 2.39. The van der Waals surface area contributed by atoms with E-state index in [0.29, 0.717) is 16.1 Å². The quantitative estimate of drug-likeness (QED) is 0.596. The third kappa shape index (κ3) is 4.03. The first-order valence-electron chi connectivity index (χ1n) is 6.53. The monoisotopic (exact) mass is 392 g/mol. The predicted octanol–water partition coefficient (Wildman–Crippen LogP) is 3.93. The van der Waals surface area contributed by atoms with Crippen LogP contribution >= 0.6 is 34.5 Å². The number of ketones is 1. The van der Waals surface area contributed by atoms with Crippen molar-refractivity contribution in [1.29, 1.82) is 0 Å². The van der Waals surface area contributed by atoms with Crippen molar-refractivity contribution in [2.75, 3.05) is 4.72 Å². The van der Waals surface area contributed by atoms with Crippen molar-refractivity contribution >= 4 is 55.5 Å². The minimum atomic E-state index is -3.85. The van der Waals surface area contributed by atoms with Crippen LogP contribution in [0.25, 0.3) is 0 Å². The second-order valence-corrected chi connectivity index (χ2v) is 7.99. The van der Waals surface area contributed by atoms with E-state index in [-0.39, 0.29) is 27.6 Å². The minimum Gasteiger partial charge on any atom is -0.294 e. The molecule has 1 heterocycles. The Labute approximate surface area is 148 Å². The van der Waals surface area contributed by atoms with Gasteiger partial charge >= 0.3 is 0 Å². The summed E-state index contributed by atoms with van der Waals surface area (Å²) in [5.74, 6) is 0.153. The van der Waals surface area contributed by atoms with Crippen LogP contribution in [0.2, 0.25) is 0 Å². The number of benzene rings is 1. The summed E-state index contributed by atoms with van der Waals surface area (Å²) in [6, 6.07) is 4.75. The number of halogens is 2. The molecule has 9 heteroatoms. The number of aryl methyl sites for hydroxylation is 1. The number of nitrogens with zero attached hydrogens (tertiary/aromatic N) is 1. The first-order chi connectivity index (χ1) is 10.8. The molecule has 1 aromatic carbocycles. The lowest BCUT2D eigenvalue weighted by Gasteiger charge is -2.10. The lowest BCUT2D eigenvalue weighted by atomic mass is 10.2. The molecular formula is C14H14Cl2N2O3S2. The fraction of sp³-hybridized carbons (Fsp3) is 0.286. The number of hydrogen-bond acceptors (Lipinski definition) is 5. The van der Waals surface area contributed by atoms with Gasteiger partial charge in [0.15, 0.2) is 10.9 Å². The highest BCUT2D eigenvalue weighted by Crippen LogP contribution is 2.27. The van der Waals surface area contributed by atoms with E-state index in [9.17, 15) is 13.2 Å². The molecule has 0 unspecified atom stereocenters. The Morgan fingerprint density at radius 1 is 1.30 bits per heavy atom. The number of nitrogens with one attached hydrogen (secondary N) is 1. The van der Waals surface area contributed by atoms with E-state index < -0.39 is 10.0 Å². The molecule has 1 aromatic heterocycles. The Kier molecular flexibility index (Phi) is 5.67. The lowest BCUT2D eigenvalue weighted by molar-refractivity contribution is 0.102. The standard InChI is InChI=1S/C14H14Cl2N2O3S2/c1-8-13(9(2)19)22-14(17-8)18-23(20,21)12-4-3-10(6-15)5-11(12)7-16/h3-5H,6-7H2,1-2H3,(H,17,18). The highest BCUT2D eigenvalue weighted by atomic mass is 35.5. The Bertz CT molecular complexity index is 848. The van der Waals surface area contributed by atoms with E-state index in [2.05, 4.69) is 9.71 Å². The van der Waals surface area contributed by atoms with E-state index in [1.807, 2.05) is 0 Å². The SMILES string of the molecule is CC(=O)c1sc(NS(=O)(=O)c2ccc(CCl)cc2CCl)nc1C. The van der Waals surface area contributed by atoms with Gasteiger partial charge in [-0.15, -0.1) is 23.2 Å². The fourth-order valence-corrected chi connectivity index (χ4v) is 4.80. The maximum atomic E-state index is 12.6. The largest absolute Gasteiger partial charge is 0.294 e. The third-order valence-corrected chi connectivity index (χ3v) is 6.39. The summed E-state index contributed by atoms with van der Waals surface area (Å²) in [5.41, 5.74) is 1.73. The summed E-state index contributed by atoms with van der Waals surface area (Å²) in [6.45, 7) is 3.07. The van der Waals surface area contributed by atoms with Crippen molar-refractivity contribution in [2.24, 2.45) is 0 Å². The molecule has 0 saturated heterocycles. The minimum absolute atomic E-state index is 0.0383. The van der Waals surface area contributed by atoms with Gasteiger partial charge in [-0.3, -0.25) is 9.52 Å². The highest BCUT2D eigenvalue weighted by molar-refractivity contribution is 7.93. The zero-order valence-corrected chi connectivity index (χ0v) is 15.5. The Morgan fingerprint density at radius 2 is 2.00 bits per heavy atom. The highest BCUT2D eigenvalue weighted by Gasteiger charge is 2.21. The van der Waals surface area contributed by atoms with Crippen molar-refractivity contribution in [3.8, 4) is 0 Å². The number of Topliss-reactive ketones (excluding diaryl/α,β-unsaturated/α-hetero) is 1. The van der Waals surface area contributed by atoms with Gasteiger partial charge in [0.1, 0.15) is 0 Å². The van der Waals surface area contributed by atoms with Gasteiger partial charge in [0.05, 0.1) is 15.5 Å². The lowest BCUT2D eigenvalue weighted by Crippen LogP contribution is -2.14. The van der Waals surface area contributed by atoms with Gasteiger partial charge in [-0.25, -0.2) is 13.4 Å². The van der Waals surface area contributed by atoms with Gasteiger partial charge in [-0.2, -0.15) is 0 Å². The Hall–Kier alpha value is -1.15. The Morgan fingerprint density at radius 3 is 2.52 bits per heavy atom. The first-order valence-corrected chi connectivity index (χ1v) is 9.90. The predicted molar refractivity (Wildman–Crippen MR) is 93.2 cm³/mol. The fourth-order valence-electron chi connectivity index (χ4n) is 2.02. The smallest absolute Gasteiger partial charge is 0.263 e. The van der Waals surface area contributed by atoms with Gasteiger partial charge < -0.3 is 0 Å². The topological polar surface area (TPSA) is 76.1 Å². The van der Waals surface area contributed by atoms with E-state index in [4.69, 9.17) is 23.2 Å². The van der Waals surface area contributed by atoms with E-state index in [0.717, 1.165) is 16.9 Å². The molecule has 5 nitrogen and oxygen atoms in total. The number of hydrogen-bond donors (Lipinski definition) is 1. The van der Waals surface area contributed by atoms with Crippen molar-refractivity contribution in [3.63, 3.8) is 0 Å². The maximum absolute atomic E-state index is 12.6. The third-order valence-electron chi connectivity index (χ3n) is 3.05. The van der Waals surface area contributed by atoms with Crippen LogP contribution in [0.4, 0.5) is 5.13 Å². The van der Waals surface area contributed by atoms with Gasteiger partial charge in [0, 0.05) is 18.7 Å². The van der Waals surface area contributed by atoms with E-state index >= 15 is 0 Å². The molecule has 0 saturated carbocycles. The summed E-state index contributed by atoms with van der Waals surface area (Å²) in [4.78, 5) is 16.0. The molecule has 1 N–H and O–H groups in total. The van der Waals surface area contributed by atoms with Crippen LogP contribution in [0, 0.1) is 6.92 Å². The molecule has 0 fully saturated rings. The van der Waals surface area contributed by atoms with Crippen molar-refractivity contribution in [2.45, 2.75) is 30.5 Å². The first kappa shape index (κ1) is 18.2. The summed E-state index contributed by atoms with van der Waals surface area (Å²) in [7, 11) is -3.85. The number of carbonyl (C=O) groups is 1. The van der Waals surface area contributed by atoms with Crippen LogP contribution < -0.4 is 4.72 Å². The summed E-state index contributed by atoms with van der Waals surface area (Å²) < 4.78 is 27.5. The molecule has 124 valence electrons. The molecule has 0 radical (unpaired) electrons. The van der Waals surface area contributed by atoms with Gasteiger partial charge in [0.2, 0.25) is 0 Å². The zero-order chi connectivity index (χ0) is 17.2. The van der Waals surface area contributed by atoms with Crippen molar-refractivity contribution < 1.29 is 13.2 Å². The van der Waals surface area contributed by atoms with Crippen LogP contribution in [-0.4, -0.2) is 19.2 Å². The van der Waals surface area contributed by atoms with Crippen LogP contribution in [-0.2, 0) is 21.8 Å². The number of carbonyl (C=O) groups excluding carboxylic acids is 1. The molecule has 2 rings (SSSR count). The second kappa shape index (κ2) is 7.17. The molecule has 0 spiro atoms. The number of aromatic nitrogens is 1. The van der Waals surface area contributed by atoms with E-state index in [1.165, 1.54) is 13.0 Å². The zero-order valence-electron chi connectivity index (χ0n) is 12.4. The number of sulfonamides is 1. The summed E-state index contributed by atoms with van der Waals surface area (Å²) in [6.07, 6.45) is 0. The number of thiazole rings is 1. The van der Waals surface area contributed by atoms with Crippen LogP contribution in [0.5, 0.6) is 0 Å². The summed E-state index contributed by atoms with van der Waals surface area (Å²) in [5, 5.41) is 0.148. The van der Waals surface area contributed by atoms with Crippen LogP contribution in [0.1, 0.15) is 33.4 Å². The normalized spacial score (nSPS) is 11.5. The van der Waals surface area contributed by atoms with Crippen molar-refractivity contribution in [3.05, 3.63) is 39.9 Å². The van der Waals surface area contributed by atoms with E-state index in [1.54, 1.807) is 19.1 Å². The number of anilines is 1. The molecule has 23 heavy (non-hydrogen) atoms. The molecular weight excluding hydrogens is 379 g/mol. The average Bonchev–Trinajstić information content (AvgIpc) is 2.86. The number of rotatable bonds is 6. The molecule has 0 aliphatic heterocycles. The van der Waals surface area contributed by atoms with Crippen LogP contribution in [0.15, 0.2) is 23.1 Å². The molecule has 2 aromatic rings. The summed E-state index contributed by atoms with van der Waals surface area (Å²) >= 11 is 12.6. The average molecular weight is 393 g/mol. The molecule has 0 atom stereocenters. The van der Waals surface area contributed by atoms with Crippen molar-refractivity contribution in [1.82, 2.24) is 4.98 Å². The van der Waals surface area contributed by atoms with Gasteiger partial charge in [-0.1, -0.05) is 23.5 Å².